The number of anilines is 2. The van der Waals surface area contributed by atoms with E-state index in [-0.39, 0.29) is 23.9 Å². The molecule has 0 fully saturated rings. The summed E-state index contributed by atoms with van der Waals surface area (Å²) in [6, 6.07) is 12.4. The van der Waals surface area contributed by atoms with E-state index < -0.39 is 18.7 Å². The summed E-state index contributed by atoms with van der Waals surface area (Å²) in [5, 5.41) is 5.17. The average molecular weight is 398 g/mol. The maximum atomic E-state index is 12.2. The zero-order chi connectivity index (χ0) is 21.2. The van der Waals surface area contributed by atoms with Gasteiger partial charge in [0.15, 0.2) is 12.4 Å². The van der Waals surface area contributed by atoms with Gasteiger partial charge in [-0.2, -0.15) is 0 Å². The zero-order valence-corrected chi connectivity index (χ0v) is 16.2. The van der Waals surface area contributed by atoms with Crippen molar-refractivity contribution >= 4 is 35.1 Å². The monoisotopic (exact) mass is 398 g/mol. The molecule has 152 valence electrons. The van der Waals surface area contributed by atoms with Crippen molar-refractivity contribution in [1.29, 1.82) is 0 Å². The number of carbonyl (C=O) groups is 4. The first-order valence-electron chi connectivity index (χ1n) is 9.07. The second kappa shape index (κ2) is 10.6. The molecular weight excluding hydrogens is 376 g/mol. The van der Waals surface area contributed by atoms with Crippen molar-refractivity contribution in [1.82, 2.24) is 0 Å². The van der Waals surface area contributed by atoms with E-state index in [1.807, 2.05) is 0 Å². The van der Waals surface area contributed by atoms with Gasteiger partial charge in [-0.1, -0.05) is 13.0 Å². The smallest absolute Gasteiger partial charge is 0.411 e. The lowest BCUT2D eigenvalue weighted by Gasteiger charge is -2.08. The van der Waals surface area contributed by atoms with E-state index in [9.17, 15) is 19.2 Å². The predicted molar refractivity (Wildman–Crippen MR) is 107 cm³/mol. The Balaban J connectivity index is 1.92. The third-order valence-electron chi connectivity index (χ3n) is 3.77. The topological polar surface area (TPSA) is 111 Å². The number of ketones is 1. The Morgan fingerprint density at radius 2 is 1.55 bits per heavy atom. The molecule has 0 radical (unpaired) electrons. The number of rotatable bonds is 8. The zero-order valence-electron chi connectivity index (χ0n) is 16.2. The third kappa shape index (κ3) is 6.76. The third-order valence-corrected chi connectivity index (χ3v) is 3.77. The lowest BCUT2D eigenvalue weighted by Crippen LogP contribution is -2.16. The van der Waals surface area contributed by atoms with Gasteiger partial charge < -0.3 is 14.8 Å². The largest absolute Gasteiger partial charge is 0.454 e. The molecule has 0 aliphatic carbocycles. The summed E-state index contributed by atoms with van der Waals surface area (Å²) in [5.74, 6) is -1.21. The van der Waals surface area contributed by atoms with Crippen LogP contribution in [-0.2, 0) is 14.3 Å². The van der Waals surface area contributed by atoms with Gasteiger partial charge in [0.1, 0.15) is 0 Å². The molecule has 8 heteroatoms. The lowest BCUT2D eigenvalue weighted by atomic mass is 10.1. The van der Waals surface area contributed by atoms with Gasteiger partial charge in [0, 0.05) is 23.4 Å². The average Bonchev–Trinajstić information content (AvgIpc) is 2.72. The molecular formula is C21H22N2O6. The highest BCUT2D eigenvalue weighted by molar-refractivity contribution is 6.00. The number of Topliss-reactive ketones (excluding diaryl/α,β-unsaturated/α-hetero) is 1. The fourth-order valence-corrected chi connectivity index (χ4v) is 2.30. The highest BCUT2D eigenvalue weighted by Crippen LogP contribution is 2.14. The van der Waals surface area contributed by atoms with Gasteiger partial charge in [-0.15, -0.1) is 0 Å². The van der Waals surface area contributed by atoms with Gasteiger partial charge in [-0.05, 0) is 49.4 Å². The van der Waals surface area contributed by atoms with Crippen LogP contribution in [0.1, 0.15) is 41.0 Å². The summed E-state index contributed by atoms with van der Waals surface area (Å²) in [6.07, 6.45) is -0.278. The van der Waals surface area contributed by atoms with Crippen LogP contribution in [0.4, 0.5) is 16.2 Å². The van der Waals surface area contributed by atoms with Crippen molar-refractivity contribution in [3.63, 3.8) is 0 Å². The van der Waals surface area contributed by atoms with Crippen LogP contribution < -0.4 is 10.6 Å². The number of benzene rings is 2. The molecule has 2 amide bonds. The molecule has 0 aliphatic heterocycles. The maximum Gasteiger partial charge on any atom is 0.411 e. The fraction of sp³-hybridized carbons (Fsp3) is 0.238. The molecule has 2 rings (SSSR count). The molecule has 0 bridgehead atoms. The molecule has 0 atom stereocenters. The summed E-state index contributed by atoms with van der Waals surface area (Å²) >= 11 is 0. The SMILES string of the molecule is CCOC(=O)Nc1cccc(C(=O)OCC(=O)c2ccc(NC(=O)CC)cc2)c1. The van der Waals surface area contributed by atoms with Gasteiger partial charge in [0.05, 0.1) is 12.2 Å². The highest BCUT2D eigenvalue weighted by atomic mass is 16.5. The van der Waals surface area contributed by atoms with Crippen molar-refractivity contribution in [2.75, 3.05) is 23.8 Å². The van der Waals surface area contributed by atoms with Gasteiger partial charge in [0.2, 0.25) is 5.91 Å². The second-order valence-corrected chi connectivity index (χ2v) is 5.90. The molecule has 0 heterocycles. The van der Waals surface area contributed by atoms with E-state index in [0.717, 1.165) is 0 Å². The molecule has 29 heavy (non-hydrogen) atoms. The number of ether oxygens (including phenoxy) is 2. The molecule has 2 aromatic rings. The number of amides is 2. The Hall–Kier alpha value is -3.68. The van der Waals surface area contributed by atoms with Crippen LogP contribution in [0, 0.1) is 0 Å². The summed E-state index contributed by atoms with van der Waals surface area (Å²) < 4.78 is 9.84. The van der Waals surface area contributed by atoms with Crippen molar-refractivity contribution in [3.05, 3.63) is 59.7 Å². The van der Waals surface area contributed by atoms with Crippen molar-refractivity contribution in [2.24, 2.45) is 0 Å². The molecule has 0 aromatic heterocycles. The summed E-state index contributed by atoms with van der Waals surface area (Å²) in [7, 11) is 0. The van der Waals surface area contributed by atoms with E-state index in [1.54, 1.807) is 50.2 Å². The van der Waals surface area contributed by atoms with Gasteiger partial charge in [-0.3, -0.25) is 14.9 Å². The van der Waals surface area contributed by atoms with Gasteiger partial charge >= 0.3 is 12.1 Å². The summed E-state index contributed by atoms with van der Waals surface area (Å²) in [5.41, 5.74) is 1.49. The van der Waals surface area contributed by atoms with Crippen LogP contribution in [-0.4, -0.2) is 37.0 Å². The standard InChI is InChI=1S/C21H22N2O6/c1-3-19(25)22-16-10-8-14(9-11-16)18(24)13-29-20(26)15-6-5-7-17(12-15)23-21(27)28-4-2/h5-12H,3-4,13H2,1-2H3,(H,22,25)(H,23,27). The molecule has 2 aromatic carbocycles. The minimum Gasteiger partial charge on any atom is -0.454 e. The first-order valence-corrected chi connectivity index (χ1v) is 9.07. The minimum atomic E-state index is -0.697. The quantitative estimate of drug-likeness (QED) is 0.519. The van der Waals surface area contributed by atoms with Gasteiger partial charge in [-0.25, -0.2) is 9.59 Å². The number of hydrogen-bond acceptors (Lipinski definition) is 6. The Morgan fingerprint density at radius 1 is 0.828 bits per heavy atom. The lowest BCUT2D eigenvalue weighted by molar-refractivity contribution is -0.115. The van der Waals surface area contributed by atoms with Crippen LogP contribution in [0.5, 0.6) is 0 Å². The van der Waals surface area contributed by atoms with Crippen molar-refractivity contribution in [2.45, 2.75) is 20.3 Å². The second-order valence-electron chi connectivity index (χ2n) is 5.90. The van der Waals surface area contributed by atoms with Crippen LogP contribution in [0.3, 0.4) is 0 Å². The number of carbonyl (C=O) groups excluding carboxylic acids is 4. The highest BCUT2D eigenvalue weighted by Gasteiger charge is 2.13. The number of hydrogen-bond donors (Lipinski definition) is 2. The normalized spacial score (nSPS) is 10.0. The van der Waals surface area contributed by atoms with E-state index in [0.29, 0.717) is 23.4 Å². The first-order chi connectivity index (χ1) is 13.9. The van der Waals surface area contributed by atoms with Crippen molar-refractivity contribution < 1.29 is 28.7 Å². The van der Waals surface area contributed by atoms with Crippen molar-refractivity contribution in [3.8, 4) is 0 Å². The van der Waals surface area contributed by atoms with Crippen LogP contribution in [0.2, 0.25) is 0 Å². The maximum absolute atomic E-state index is 12.2. The Kier molecular flexibility index (Phi) is 7.90. The van der Waals surface area contributed by atoms with Crippen LogP contribution in [0.15, 0.2) is 48.5 Å². The Morgan fingerprint density at radius 3 is 2.21 bits per heavy atom. The molecule has 2 N–H and O–H groups in total. The molecule has 0 saturated carbocycles. The van der Waals surface area contributed by atoms with E-state index >= 15 is 0 Å². The molecule has 8 nitrogen and oxygen atoms in total. The first kappa shape index (κ1) is 21.6. The predicted octanol–water partition coefficient (Wildman–Crippen LogP) is 3.64. The van der Waals surface area contributed by atoms with Gasteiger partial charge in [0.25, 0.3) is 0 Å². The number of esters is 1. The van der Waals surface area contributed by atoms with Crippen LogP contribution >= 0.6 is 0 Å². The van der Waals surface area contributed by atoms with E-state index in [2.05, 4.69) is 10.6 Å². The molecule has 0 saturated heterocycles. The fourth-order valence-electron chi connectivity index (χ4n) is 2.30. The Labute approximate surface area is 168 Å². The summed E-state index contributed by atoms with van der Waals surface area (Å²) in [6.45, 7) is 3.21. The molecule has 0 unspecified atom stereocenters. The van der Waals surface area contributed by atoms with E-state index in [1.165, 1.54) is 12.1 Å². The molecule has 0 spiro atoms. The minimum absolute atomic E-state index is 0.127. The van der Waals surface area contributed by atoms with E-state index in [4.69, 9.17) is 9.47 Å². The number of nitrogens with one attached hydrogen (secondary N) is 2. The molecule has 0 aliphatic rings. The van der Waals surface area contributed by atoms with Crippen LogP contribution in [0.25, 0.3) is 0 Å². The summed E-state index contributed by atoms with van der Waals surface area (Å²) in [4.78, 5) is 47.2. The Bertz CT molecular complexity index is 892.